The fourth-order valence-corrected chi connectivity index (χ4v) is 3.76. The monoisotopic (exact) mass is 496 g/mol. The molecule has 0 bridgehead atoms. The van der Waals surface area contributed by atoms with E-state index in [1.807, 2.05) is 30.3 Å². The summed E-state index contributed by atoms with van der Waals surface area (Å²) in [6.07, 6.45) is -4.30. The Kier molecular flexibility index (Phi) is 6.87. The third-order valence-electron chi connectivity index (χ3n) is 5.20. The van der Waals surface area contributed by atoms with Gasteiger partial charge in [0.05, 0.1) is 0 Å². The minimum absolute atomic E-state index is 0.0257. The van der Waals surface area contributed by atoms with E-state index in [1.165, 1.54) is 0 Å². The number of aromatic nitrogens is 6. The predicted octanol–water partition coefficient (Wildman–Crippen LogP) is 3.96. The highest BCUT2D eigenvalue weighted by Gasteiger charge is 2.27. The Morgan fingerprint density at radius 1 is 1.00 bits per heavy atom. The van der Waals surface area contributed by atoms with Crippen molar-refractivity contribution >= 4 is 22.8 Å². The van der Waals surface area contributed by atoms with Gasteiger partial charge in [-0.3, -0.25) is 13.9 Å². The molecule has 4 aromatic rings. The van der Waals surface area contributed by atoms with Crippen LogP contribution in [0, 0.1) is 0 Å². The third kappa shape index (κ3) is 5.38. The fourth-order valence-electron chi connectivity index (χ4n) is 3.58. The van der Waals surface area contributed by atoms with Gasteiger partial charge < -0.3 is 9.51 Å². The van der Waals surface area contributed by atoms with Gasteiger partial charge in [0.25, 0.3) is 11.4 Å². The Morgan fingerprint density at radius 3 is 2.47 bits per heavy atom. The zero-order valence-electron chi connectivity index (χ0n) is 17.8. The summed E-state index contributed by atoms with van der Waals surface area (Å²) in [4.78, 5) is 36.5. The van der Waals surface area contributed by atoms with Gasteiger partial charge in [-0.1, -0.05) is 23.4 Å². The number of alkyl halides is 3. The van der Waals surface area contributed by atoms with E-state index in [2.05, 4.69) is 20.1 Å². The van der Waals surface area contributed by atoms with E-state index in [-0.39, 0.29) is 36.0 Å². The SMILES string of the molecule is O=c1c2[nH]c(Cl)nc2n(CCCC(F)(F)F)c(=O)n1CCCCc1noc(-c2ccccc2)n1. The van der Waals surface area contributed by atoms with E-state index in [4.69, 9.17) is 16.1 Å². The van der Waals surface area contributed by atoms with Gasteiger partial charge in [-0.15, -0.1) is 0 Å². The molecule has 0 saturated heterocycles. The van der Waals surface area contributed by atoms with Crippen LogP contribution in [-0.2, 0) is 19.5 Å². The van der Waals surface area contributed by atoms with Crippen molar-refractivity contribution in [1.82, 2.24) is 29.2 Å². The van der Waals surface area contributed by atoms with Gasteiger partial charge in [0.15, 0.2) is 17.0 Å². The molecule has 0 aliphatic heterocycles. The highest BCUT2D eigenvalue weighted by molar-refractivity contribution is 6.28. The molecule has 0 amide bonds. The van der Waals surface area contributed by atoms with Crippen LogP contribution in [0.3, 0.4) is 0 Å². The van der Waals surface area contributed by atoms with Crippen molar-refractivity contribution in [3.63, 3.8) is 0 Å². The summed E-state index contributed by atoms with van der Waals surface area (Å²) in [7, 11) is 0. The Bertz CT molecular complexity index is 1390. The second-order valence-electron chi connectivity index (χ2n) is 7.67. The summed E-state index contributed by atoms with van der Waals surface area (Å²) in [6.45, 7) is -0.186. The number of rotatable bonds is 9. The first kappa shape index (κ1) is 23.7. The van der Waals surface area contributed by atoms with Gasteiger partial charge in [-0.05, 0) is 43.0 Å². The molecular formula is C21H20ClF3N6O3. The van der Waals surface area contributed by atoms with Crippen LogP contribution in [0.25, 0.3) is 22.6 Å². The predicted molar refractivity (Wildman–Crippen MR) is 118 cm³/mol. The van der Waals surface area contributed by atoms with Crippen LogP contribution in [0.5, 0.6) is 0 Å². The second kappa shape index (κ2) is 9.84. The maximum atomic E-state index is 12.9. The smallest absolute Gasteiger partial charge is 0.334 e. The molecule has 3 aromatic heterocycles. The molecule has 9 nitrogen and oxygen atoms in total. The maximum Gasteiger partial charge on any atom is 0.389 e. The van der Waals surface area contributed by atoms with Gasteiger partial charge in [-0.25, -0.2) is 4.79 Å². The largest absolute Gasteiger partial charge is 0.389 e. The van der Waals surface area contributed by atoms with Crippen LogP contribution in [0.4, 0.5) is 13.2 Å². The topological polar surface area (TPSA) is 112 Å². The number of nitrogens with zero attached hydrogens (tertiary/aromatic N) is 5. The summed E-state index contributed by atoms with van der Waals surface area (Å²) in [5, 5.41) is 3.82. The molecule has 180 valence electrons. The molecule has 0 saturated carbocycles. The maximum absolute atomic E-state index is 12.9. The zero-order chi connectivity index (χ0) is 24.3. The summed E-state index contributed by atoms with van der Waals surface area (Å²) in [6, 6.07) is 9.29. The number of fused-ring (bicyclic) bond motifs is 1. The highest BCUT2D eigenvalue weighted by atomic mass is 35.5. The van der Waals surface area contributed by atoms with Gasteiger partial charge in [-0.2, -0.15) is 23.1 Å². The quantitative estimate of drug-likeness (QED) is 0.277. The van der Waals surface area contributed by atoms with Crippen LogP contribution in [0.15, 0.2) is 44.4 Å². The minimum Gasteiger partial charge on any atom is -0.334 e. The lowest BCUT2D eigenvalue weighted by Gasteiger charge is -2.12. The van der Waals surface area contributed by atoms with Crippen molar-refractivity contribution in [3.8, 4) is 11.5 Å². The fraction of sp³-hybridized carbons (Fsp3) is 0.381. The Labute approximate surface area is 195 Å². The van der Waals surface area contributed by atoms with E-state index in [1.54, 1.807) is 0 Å². The number of hydrogen-bond acceptors (Lipinski definition) is 6. The van der Waals surface area contributed by atoms with Gasteiger partial charge in [0.1, 0.15) is 0 Å². The minimum atomic E-state index is -4.35. The lowest BCUT2D eigenvalue weighted by Crippen LogP contribution is -2.40. The van der Waals surface area contributed by atoms with Crippen molar-refractivity contribution in [3.05, 3.63) is 62.3 Å². The number of H-pyrrole nitrogens is 1. The Balaban J connectivity index is 1.46. The molecule has 0 fully saturated rings. The van der Waals surface area contributed by atoms with Gasteiger partial charge in [0.2, 0.25) is 5.28 Å². The van der Waals surface area contributed by atoms with E-state index in [0.29, 0.717) is 31.0 Å². The first-order valence-electron chi connectivity index (χ1n) is 10.6. The Hall–Kier alpha value is -3.41. The van der Waals surface area contributed by atoms with Gasteiger partial charge in [0, 0.05) is 31.5 Å². The summed E-state index contributed by atoms with van der Waals surface area (Å²) in [5.74, 6) is 0.890. The molecule has 13 heteroatoms. The second-order valence-corrected chi connectivity index (χ2v) is 8.03. The normalized spacial score (nSPS) is 12.0. The lowest BCUT2D eigenvalue weighted by atomic mass is 10.2. The van der Waals surface area contributed by atoms with E-state index < -0.39 is 23.8 Å². The van der Waals surface area contributed by atoms with Crippen molar-refractivity contribution in [2.24, 2.45) is 0 Å². The van der Waals surface area contributed by atoms with Gasteiger partial charge >= 0.3 is 11.9 Å². The van der Waals surface area contributed by atoms with Crippen molar-refractivity contribution in [2.45, 2.75) is 51.4 Å². The zero-order valence-corrected chi connectivity index (χ0v) is 18.6. The van der Waals surface area contributed by atoms with Crippen LogP contribution in [-0.4, -0.2) is 35.4 Å². The molecule has 1 N–H and O–H groups in total. The van der Waals surface area contributed by atoms with Crippen LogP contribution >= 0.6 is 11.6 Å². The van der Waals surface area contributed by atoms with Crippen LogP contribution in [0.1, 0.15) is 31.5 Å². The molecule has 34 heavy (non-hydrogen) atoms. The lowest BCUT2D eigenvalue weighted by molar-refractivity contribution is -0.135. The number of nitrogens with one attached hydrogen (secondary N) is 1. The van der Waals surface area contributed by atoms with Crippen molar-refractivity contribution < 1.29 is 17.7 Å². The summed E-state index contributed by atoms with van der Waals surface area (Å²) >= 11 is 5.85. The molecule has 0 unspecified atom stereocenters. The average Bonchev–Trinajstić information content (AvgIpc) is 3.42. The third-order valence-corrected chi connectivity index (χ3v) is 5.37. The first-order chi connectivity index (χ1) is 16.2. The van der Waals surface area contributed by atoms with E-state index in [9.17, 15) is 22.8 Å². The number of aromatic amines is 1. The van der Waals surface area contributed by atoms with Crippen LogP contribution < -0.4 is 11.2 Å². The van der Waals surface area contributed by atoms with E-state index >= 15 is 0 Å². The number of halogens is 4. The summed E-state index contributed by atoms with van der Waals surface area (Å²) < 4.78 is 45.0. The highest BCUT2D eigenvalue weighted by Crippen LogP contribution is 2.22. The molecule has 1 aromatic carbocycles. The van der Waals surface area contributed by atoms with Crippen LogP contribution in [0.2, 0.25) is 5.28 Å². The molecule has 0 spiro atoms. The molecular weight excluding hydrogens is 477 g/mol. The number of aryl methyl sites for hydroxylation is 2. The molecule has 0 atom stereocenters. The number of imidazole rings is 1. The van der Waals surface area contributed by atoms with E-state index in [0.717, 1.165) is 14.7 Å². The van der Waals surface area contributed by atoms with Crippen molar-refractivity contribution in [2.75, 3.05) is 0 Å². The first-order valence-corrected chi connectivity index (χ1v) is 10.9. The number of benzene rings is 1. The van der Waals surface area contributed by atoms with Crippen molar-refractivity contribution in [1.29, 1.82) is 0 Å². The summed E-state index contributed by atoms with van der Waals surface area (Å²) in [5.41, 5.74) is -0.641. The molecule has 0 aliphatic rings. The molecule has 3 heterocycles. The average molecular weight is 497 g/mol. The molecule has 4 rings (SSSR count). The molecule has 0 aliphatic carbocycles. The number of unbranched alkanes of at least 4 members (excludes halogenated alkanes) is 1. The molecule has 0 radical (unpaired) electrons. The Morgan fingerprint density at radius 2 is 1.74 bits per heavy atom. The standard InChI is InChI=1S/C21H20ClF3N6O3/c22-19-27-15-16(28-19)30(12-6-10-21(23,24)25)20(33)31(18(15)32)11-5-4-9-14-26-17(34-29-14)13-7-2-1-3-8-13/h1-3,7-8H,4-6,9-12H2,(H,27,28). The number of hydrogen-bond donors (Lipinski definition) is 1.